The van der Waals surface area contributed by atoms with E-state index in [2.05, 4.69) is 10.1 Å². The molecule has 1 aromatic carbocycles. The van der Waals surface area contributed by atoms with Crippen LogP contribution in [-0.4, -0.2) is 22.5 Å². The summed E-state index contributed by atoms with van der Waals surface area (Å²) in [5.41, 5.74) is 0. The molecule has 0 amide bonds. The molecule has 0 saturated heterocycles. The molecule has 0 atom stereocenters. The molecular weight excluding hydrogens is 276 g/mol. The van der Waals surface area contributed by atoms with E-state index in [4.69, 9.17) is 26.3 Å². The van der Waals surface area contributed by atoms with Crippen molar-refractivity contribution in [3.05, 3.63) is 35.3 Å². The minimum atomic E-state index is -0.0166. The van der Waals surface area contributed by atoms with Crippen LogP contribution in [0.4, 0.5) is 0 Å². The molecule has 1 heterocycles. The Morgan fingerprint density at radius 1 is 1.33 bits per heavy atom. The van der Waals surface area contributed by atoms with Gasteiger partial charge in [-0.15, -0.1) is 0 Å². The van der Waals surface area contributed by atoms with Crippen LogP contribution in [0.1, 0.15) is 4.88 Å². The predicted octanol–water partition coefficient (Wildman–Crippen LogP) is 3.32. The number of benzene rings is 1. The van der Waals surface area contributed by atoms with Crippen LogP contribution in [0.3, 0.4) is 0 Å². The quantitative estimate of drug-likeness (QED) is 0.531. The van der Waals surface area contributed by atoms with Gasteiger partial charge in [-0.05, 0) is 24.3 Å². The van der Waals surface area contributed by atoms with E-state index >= 15 is 0 Å². The summed E-state index contributed by atoms with van der Waals surface area (Å²) in [6.45, 7) is 0. The van der Waals surface area contributed by atoms with Gasteiger partial charge in [-0.2, -0.15) is 0 Å². The SMILES string of the molecule is COc1ccc(Oc2ncc(C(Cl)=NO)s2)cc1. The number of oxime groups is 1. The molecule has 0 radical (unpaired) electrons. The van der Waals surface area contributed by atoms with Gasteiger partial charge in [0, 0.05) is 0 Å². The molecule has 0 aliphatic rings. The summed E-state index contributed by atoms with van der Waals surface area (Å²) in [6.07, 6.45) is 1.48. The number of methoxy groups -OCH3 is 1. The average molecular weight is 285 g/mol. The molecule has 94 valence electrons. The second-order valence-electron chi connectivity index (χ2n) is 3.16. The van der Waals surface area contributed by atoms with E-state index in [-0.39, 0.29) is 5.17 Å². The molecule has 0 spiro atoms. The van der Waals surface area contributed by atoms with Crippen LogP contribution in [0.2, 0.25) is 0 Å². The molecule has 0 aliphatic heterocycles. The summed E-state index contributed by atoms with van der Waals surface area (Å²) in [4.78, 5) is 4.54. The standard InChI is InChI=1S/C11H9ClN2O3S/c1-16-7-2-4-8(5-3-7)17-11-13-6-9(18-11)10(12)14-15/h2-6,15H,1H3. The molecule has 0 bridgehead atoms. The van der Waals surface area contributed by atoms with Crippen LogP contribution in [0.15, 0.2) is 35.6 Å². The van der Waals surface area contributed by atoms with Crippen molar-refractivity contribution < 1.29 is 14.7 Å². The molecule has 0 unspecified atom stereocenters. The van der Waals surface area contributed by atoms with Gasteiger partial charge in [-0.3, -0.25) is 0 Å². The summed E-state index contributed by atoms with van der Waals surface area (Å²) in [7, 11) is 1.60. The highest BCUT2D eigenvalue weighted by atomic mass is 35.5. The summed E-state index contributed by atoms with van der Waals surface area (Å²) in [5, 5.41) is 11.8. The van der Waals surface area contributed by atoms with Crippen molar-refractivity contribution in [3.63, 3.8) is 0 Å². The lowest BCUT2D eigenvalue weighted by Crippen LogP contribution is -1.84. The van der Waals surface area contributed by atoms with Gasteiger partial charge in [0.25, 0.3) is 5.19 Å². The third kappa shape index (κ3) is 2.91. The molecule has 0 aliphatic carbocycles. The number of ether oxygens (including phenoxy) is 2. The molecule has 7 heteroatoms. The number of aromatic nitrogens is 1. The van der Waals surface area contributed by atoms with Crippen molar-refractivity contribution in [1.29, 1.82) is 0 Å². The van der Waals surface area contributed by atoms with Gasteiger partial charge in [-0.25, -0.2) is 4.98 Å². The summed E-state index contributed by atoms with van der Waals surface area (Å²) in [5.74, 6) is 1.38. The minimum absolute atomic E-state index is 0.0166. The Kier molecular flexibility index (Phi) is 4.01. The molecule has 5 nitrogen and oxygen atoms in total. The molecule has 1 N–H and O–H groups in total. The van der Waals surface area contributed by atoms with Crippen molar-refractivity contribution in [2.75, 3.05) is 7.11 Å². The van der Waals surface area contributed by atoms with Crippen molar-refractivity contribution in [3.8, 4) is 16.7 Å². The van der Waals surface area contributed by atoms with Crippen LogP contribution in [-0.2, 0) is 0 Å². The Hall–Kier alpha value is -1.79. The van der Waals surface area contributed by atoms with Gasteiger partial charge < -0.3 is 14.7 Å². The lowest BCUT2D eigenvalue weighted by molar-refractivity contribution is 0.321. The number of hydrogen-bond acceptors (Lipinski definition) is 6. The largest absolute Gasteiger partial charge is 0.497 e. The van der Waals surface area contributed by atoms with Crippen LogP contribution < -0.4 is 9.47 Å². The highest BCUT2D eigenvalue weighted by Crippen LogP contribution is 2.28. The second-order valence-corrected chi connectivity index (χ2v) is 4.51. The van der Waals surface area contributed by atoms with Gasteiger partial charge in [0.1, 0.15) is 11.5 Å². The van der Waals surface area contributed by atoms with E-state index in [1.165, 1.54) is 17.5 Å². The van der Waals surface area contributed by atoms with Crippen molar-refractivity contribution >= 4 is 28.1 Å². The Balaban J connectivity index is 2.11. The first-order valence-electron chi connectivity index (χ1n) is 4.88. The third-order valence-electron chi connectivity index (χ3n) is 2.04. The maximum atomic E-state index is 8.53. The van der Waals surface area contributed by atoms with Gasteiger partial charge >= 0.3 is 0 Å². The maximum absolute atomic E-state index is 8.53. The van der Waals surface area contributed by atoms with Crippen molar-refractivity contribution in [2.24, 2.45) is 5.16 Å². The second kappa shape index (κ2) is 5.70. The average Bonchev–Trinajstić information content (AvgIpc) is 2.87. The van der Waals surface area contributed by atoms with E-state index in [1.54, 1.807) is 31.4 Å². The first-order chi connectivity index (χ1) is 8.72. The molecule has 18 heavy (non-hydrogen) atoms. The normalized spacial score (nSPS) is 11.3. The van der Waals surface area contributed by atoms with E-state index < -0.39 is 0 Å². The smallest absolute Gasteiger partial charge is 0.279 e. The number of rotatable bonds is 4. The van der Waals surface area contributed by atoms with Gasteiger partial charge in [0.05, 0.1) is 18.2 Å². The Bertz CT molecular complexity index is 554. The van der Waals surface area contributed by atoms with E-state index in [0.717, 1.165) is 5.75 Å². The molecule has 1 aromatic heterocycles. The van der Waals surface area contributed by atoms with E-state index in [1.807, 2.05) is 0 Å². The van der Waals surface area contributed by atoms with Crippen LogP contribution in [0, 0.1) is 0 Å². The molecule has 2 rings (SSSR count). The number of nitrogens with zero attached hydrogens (tertiary/aromatic N) is 2. The first kappa shape index (κ1) is 12.7. The van der Waals surface area contributed by atoms with Crippen molar-refractivity contribution in [1.82, 2.24) is 4.98 Å². The molecule has 0 fully saturated rings. The maximum Gasteiger partial charge on any atom is 0.279 e. The number of halogens is 1. The number of thiazole rings is 1. The van der Waals surface area contributed by atoms with Crippen LogP contribution in [0.5, 0.6) is 16.7 Å². The van der Waals surface area contributed by atoms with E-state index in [9.17, 15) is 0 Å². The van der Waals surface area contributed by atoms with Gasteiger partial charge in [0.2, 0.25) is 0 Å². The monoisotopic (exact) mass is 284 g/mol. The fraction of sp³-hybridized carbons (Fsp3) is 0.0909. The van der Waals surface area contributed by atoms with Crippen LogP contribution in [0.25, 0.3) is 0 Å². The molecule has 0 saturated carbocycles. The molecular formula is C11H9ClN2O3S. The van der Waals surface area contributed by atoms with Crippen LogP contribution >= 0.6 is 22.9 Å². The fourth-order valence-electron chi connectivity index (χ4n) is 1.19. The topological polar surface area (TPSA) is 63.9 Å². The van der Waals surface area contributed by atoms with Gasteiger partial charge in [-0.1, -0.05) is 28.1 Å². The zero-order valence-electron chi connectivity index (χ0n) is 9.33. The fourth-order valence-corrected chi connectivity index (χ4v) is 2.02. The first-order valence-corrected chi connectivity index (χ1v) is 6.08. The highest BCUT2D eigenvalue weighted by Gasteiger charge is 2.08. The zero-order chi connectivity index (χ0) is 13.0. The third-order valence-corrected chi connectivity index (χ3v) is 3.31. The number of hydrogen-bond donors (Lipinski definition) is 1. The van der Waals surface area contributed by atoms with Crippen molar-refractivity contribution in [2.45, 2.75) is 0 Å². The Morgan fingerprint density at radius 3 is 2.61 bits per heavy atom. The zero-order valence-corrected chi connectivity index (χ0v) is 10.9. The molecule has 2 aromatic rings. The Labute approximate surface area is 112 Å². The lowest BCUT2D eigenvalue weighted by Gasteiger charge is -2.02. The minimum Gasteiger partial charge on any atom is -0.497 e. The van der Waals surface area contributed by atoms with Gasteiger partial charge in [0.15, 0.2) is 5.17 Å². The predicted molar refractivity (Wildman–Crippen MR) is 69.4 cm³/mol. The Morgan fingerprint density at radius 2 is 2.00 bits per heavy atom. The lowest BCUT2D eigenvalue weighted by atomic mass is 10.3. The summed E-state index contributed by atoms with van der Waals surface area (Å²) < 4.78 is 10.5. The van der Waals surface area contributed by atoms with E-state index in [0.29, 0.717) is 15.8 Å². The highest BCUT2D eigenvalue weighted by molar-refractivity contribution is 7.17. The summed E-state index contributed by atoms with van der Waals surface area (Å²) >= 11 is 6.83. The summed E-state index contributed by atoms with van der Waals surface area (Å²) in [6, 6.07) is 7.10.